The molecule has 0 unspecified atom stereocenters. The second-order valence-corrected chi connectivity index (χ2v) is 6.14. The molecule has 0 atom stereocenters. The van der Waals surface area contributed by atoms with Crippen LogP contribution in [0.3, 0.4) is 0 Å². The van der Waals surface area contributed by atoms with Crippen LogP contribution in [-0.2, 0) is 13.3 Å². The van der Waals surface area contributed by atoms with E-state index in [0.717, 1.165) is 25.6 Å². The summed E-state index contributed by atoms with van der Waals surface area (Å²) in [5.41, 5.74) is 5.37. The van der Waals surface area contributed by atoms with Gasteiger partial charge in [-0.05, 0) is 19.9 Å². The van der Waals surface area contributed by atoms with Crippen LogP contribution in [0.1, 0.15) is 13.3 Å². The van der Waals surface area contributed by atoms with Crippen LogP contribution in [0, 0.1) is 0 Å². The largest absolute Gasteiger partial charge is 0.500 e. The fraction of sp³-hybridized carbons (Fsp3) is 1.00. The van der Waals surface area contributed by atoms with Crippen LogP contribution in [0.5, 0.6) is 0 Å². The van der Waals surface area contributed by atoms with E-state index in [9.17, 15) is 0 Å². The van der Waals surface area contributed by atoms with Crippen LogP contribution in [0.25, 0.3) is 0 Å². The minimum atomic E-state index is -2.37. The van der Waals surface area contributed by atoms with Crippen LogP contribution in [0.4, 0.5) is 0 Å². The van der Waals surface area contributed by atoms with Gasteiger partial charge in [-0.2, -0.15) is 0 Å². The van der Waals surface area contributed by atoms with Crippen molar-refractivity contribution >= 4 is 8.80 Å². The molecule has 0 aliphatic carbocycles. The molecule has 0 aromatic heterocycles. The minimum Gasteiger partial charge on any atom is -0.377 e. The van der Waals surface area contributed by atoms with E-state index in [4.69, 9.17) is 19.0 Å². The summed E-state index contributed by atoms with van der Waals surface area (Å²) in [6.07, 6.45) is 0.980. The van der Waals surface area contributed by atoms with Crippen molar-refractivity contribution in [1.82, 2.24) is 5.32 Å². The van der Waals surface area contributed by atoms with Crippen molar-refractivity contribution in [2.75, 3.05) is 40.5 Å². The minimum absolute atomic E-state index is 0.629. The third-order valence-corrected chi connectivity index (χ3v) is 5.08. The monoisotopic (exact) mass is 236 g/mol. The van der Waals surface area contributed by atoms with E-state index in [1.165, 1.54) is 0 Å². The van der Waals surface area contributed by atoms with E-state index in [0.29, 0.717) is 13.2 Å². The van der Waals surface area contributed by atoms with Crippen molar-refractivity contribution < 1.29 is 13.3 Å². The Morgan fingerprint density at radius 3 is 2.33 bits per heavy atom. The fourth-order valence-electron chi connectivity index (χ4n) is 1.35. The van der Waals surface area contributed by atoms with Crippen molar-refractivity contribution in [2.24, 2.45) is 5.73 Å². The van der Waals surface area contributed by atoms with Gasteiger partial charge < -0.3 is 24.3 Å². The van der Waals surface area contributed by atoms with E-state index in [1.54, 1.807) is 14.2 Å². The van der Waals surface area contributed by atoms with E-state index < -0.39 is 8.80 Å². The Kier molecular flexibility index (Phi) is 9.27. The van der Waals surface area contributed by atoms with E-state index in [-0.39, 0.29) is 0 Å². The van der Waals surface area contributed by atoms with Gasteiger partial charge in [-0.25, -0.2) is 0 Å². The molecule has 0 rings (SSSR count). The van der Waals surface area contributed by atoms with Gasteiger partial charge >= 0.3 is 8.80 Å². The van der Waals surface area contributed by atoms with E-state index in [2.05, 4.69) is 5.32 Å². The van der Waals surface area contributed by atoms with Gasteiger partial charge in [-0.3, -0.25) is 0 Å². The Hall–Kier alpha value is 0.0169. The predicted octanol–water partition coefficient (Wildman–Crippen LogP) is 0.193. The summed E-state index contributed by atoms with van der Waals surface area (Å²) in [4.78, 5) is 0. The summed E-state index contributed by atoms with van der Waals surface area (Å²) >= 11 is 0. The SMILES string of the molecule is CCO[Si](CCCNCCN)(OC)OC. The van der Waals surface area contributed by atoms with E-state index in [1.807, 2.05) is 6.92 Å². The lowest BCUT2D eigenvalue weighted by Gasteiger charge is -2.25. The molecule has 0 saturated carbocycles. The molecule has 0 aliphatic heterocycles. The van der Waals surface area contributed by atoms with Crippen molar-refractivity contribution in [3.63, 3.8) is 0 Å². The van der Waals surface area contributed by atoms with Crippen LogP contribution < -0.4 is 11.1 Å². The summed E-state index contributed by atoms with van der Waals surface area (Å²) in [5, 5.41) is 3.23. The summed E-state index contributed by atoms with van der Waals surface area (Å²) in [6, 6.07) is 0.839. The van der Waals surface area contributed by atoms with Crippen molar-refractivity contribution in [2.45, 2.75) is 19.4 Å². The predicted molar refractivity (Wildman–Crippen MR) is 62.7 cm³/mol. The molecule has 3 N–H and O–H groups in total. The summed E-state index contributed by atoms with van der Waals surface area (Å²) in [6.45, 7) is 5.02. The molecule has 0 radical (unpaired) electrons. The lowest BCUT2D eigenvalue weighted by atomic mass is 10.5. The van der Waals surface area contributed by atoms with Crippen LogP contribution in [0.2, 0.25) is 6.04 Å². The Morgan fingerprint density at radius 1 is 1.20 bits per heavy atom. The van der Waals surface area contributed by atoms with Crippen molar-refractivity contribution in [3.8, 4) is 0 Å². The molecular formula is C9H24N2O3Si. The molecule has 0 bridgehead atoms. The van der Waals surface area contributed by atoms with Gasteiger partial charge in [-0.15, -0.1) is 0 Å². The number of nitrogens with one attached hydrogen (secondary N) is 1. The maximum absolute atomic E-state index is 5.58. The van der Waals surface area contributed by atoms with Gasteiger partial charge in [0.05, 0.1) is 0 Å². The first-order valence-electron chi connectivity index (χ1n) is 5.39. The molecule has 0 aliphatic rings. The Balaban J connectivity index is 3.74. The molecule has 15 heavy (non-hydrogen) atoms. The van der Waals surface area contributed by atoms with Crippen molar-refractivity contribution in [3.05, 3.63) is 0 Å². The molecule has 0 aromatic rings. The zero-order chi connectivity index (χ0) is 11.6. The molecule has 0 amide bonds. The number of hydrogen-bond acceptors (Lipinski definition) is 5. The molecular weight excluding hydrogens is 212 g/mol. The van der Waals surface area contributed by atoms with Crippen LogP contribution in [0.15, 0.2) is 0 Å². The first-order chi connectivity index (χ1) is 7.24. The third-order valence-electron chi connectivity index (χ3n) is 2.14. The van der Waals surface area contributed by atoms with Crippen LogP contribution in [-0.4, -0.2) is 49.3 Å². The molecule has 0 saturated heterocycles. The molecule has 0 spiro atoms. The number of hydrogen-bond donors (Lipinski definition) is 2. The second kappa shape index (κ2) is 9.26. The Labute approximate surface area is 93.6 Å². The second-order valence-electron chi connectivity index (χ2n) is 3.17. The fourth-order valence-corrected chi connectivity index (χ4v) is 3.36. The van der Waals surface area contributed by atoms with Gasteiger partial charge in [0.1, 0.15) is 0 Å². The number of rotatable bonds is 10. The van der Waals surface area contributed by atoms with Crippen LogP contribution >= 0.6 is 0 Å². The highest BCUT2D eigenvalue weighted by atomic mass is 28.4. The maximum atomic E-state index is 5.58. The third kappa shape index (κ3) is 6.24. The average molecular weight is 236 g/mol. The molecule has 92 valence electrons. The lowest BCUT2D eigenvalue weighted by Crippen LogP contribution is -2.44. The van der Waals surface area contributed by atoms with Gasteiger partial charge in [-0.1, -0.05) is 0 Å². The van der Waals surface area contributed by atoms with Gasteiger partial charge in [0, 0.05) is 40.0 Å². The highest BCUT2D eigenvalue weighted by Gasteiger charge is 2.37. The molecule has 6 heteroatoms. The standard InChI is InChI=1S/C9H24N2O3Si/c1-4-14-15(12-2,13-3)9-5-7-11-8-6-10/h11H,4-10H2,1-3H3. The Morgan fingerprint density at radius 2 is 1.87 bits per heavy atom. The summed E-state index contributed by atoms with van der Waals surface area (Å²) in [5.74, 6) is 0. The number of nitrogens with two attached hydrogens (primary N) is 1. The maximum Gasteiger partial charge on any atom is 0.500 e. The average Bonchev–Trinajstić information content (AvgIpc) is 2.27. The quantitative estimate of drug-likeness (QED) is 0.419. The van der Waals surface area contributed by atoms with Gasteiger partial charge in [0.15, 0.2) is 0 Å². The molecule has 0 aromatic carbocycles. The normalized spacial score (nSPS) is 12.0. The smallest absolute Gasteiger partial charge is 0.377 e. The van der Waals surface area contributed by atoms with Crippen molar-refractivity contribution in [1.29, 1.82) is 0 Å². The highest BCUT2D eigenvalue weighted by molar-refractivity contribution is 6.60. The summed E-state index contributed by atoms with van der Waals surface area (Å²) < 4.78 is 16.3. The summed E-state index contributed by atoms with van der Waals surface area (Å²) in [7, 11) is 0.928. The Bertz CT molecular complexity index is 145. The highest BCUT2D eigenvalue weighted by Crippen LogP contribution is 2.15. The first kappa shape index (κ1) is 15.0. The van der Waals surface area contributed by atoms with E-state index >= 15 is 0 Å². The van der Waals surface area contributed by atoms with Gasteiger partial charge in [0.25, 0.3) is 0 Å². The molecule has 0 fully saturated rings. The topological polar surface area (TPSA) is 65.7 Å². The zero-order valence-electron chi connectivity index (χ0n) is 10.0. The first-order valence-corrected chi connectivity index (χ1v) is 7.33. The lowest BCUT2D eigenvalue weighted by molar-refractivity contribution is 0.103. The van der Waals surface area contributed by atoms with Gasteiger partial charge in [0.2, 0.25) is 0 Å². The molecule has 5 nitrogen and oxygen atoms in total. The molecule has 0 heterocycles. The zero-order valence-corrected chi connectivity index (χ0v) is 11.0.